The number of nitrogens with zero attached hydrogens (tertiary/aromatic N) is 5. The molecule has 3 aromatic rings. The van der Waals surface area contributed by atoms with Gasteiger partial charge in [-0.15, -0.1) is 10.2 Å². The Kier molecular flexibility index (Phi) is 4.82. The smallest absolute Gasteiger partial charge is 0.284 e. The van der Waals surface area contributed by atoms with Crippen molar-refractivity contribution in [3.8, 4) is 0 Å². The number of aromatic nitrogens is 3. The fourth-order valence-electron chi connectivity index (χ4n) is 3.19. The standard InChI is InChI=1S/C19H17N5O3S/c1-22-12-20-21-19(22)28-17-7-6-14(10-16(17)24(26)27)18(25)23-9-8-13-4-2-3-5-15(13)11-23/h2-7,10,12H,8-9,11H2,1H3. The van der Waals surface area contributed by atoms with Gasteiger partial charge in [0.25, 0.3) is 11.6 Å². The molecular weight excluding hydrogens is 378 g/mol. The van der Waals surface area contributed by atoms with Crippen LogP contribution in [0.2, 0.25) is 0 Å². The second-order valence-corrected chi connectivity index (χ2v) is 7.52. The molecule has 0 fully saturated rings. The molecule has 1 aliphatic heterocycles. The molecule has 0 saturated carbocycles. The first-order valence-corrected chi connectivity index (χ1v) is 9.51. The summed E-state index contributed by atoms with van der Waals surface area (Å²) in [5.74, 6) is -0.201. The number of fused-ring (bicyclic) bond motifs is 1. The van der Waals surface area contributed by atoms with Crippen LogP contribution in [0.5, 0.6) is 0 Å². The van der Waals surface area contributed by atoms with Crippen LogP contribution in [0, 0.1) is 10.1 Å². The monoisotopic (exact) mass is 395 g/mol. The van der Waals surface area contributed by atoms with Crippen LogP contribution in [-0.2, 0) is 20.0 Å². The molecular formula is C19H17N5O3S. The molecule has 0 unspecified atom stereocenters. The van der Waals surface area contributed by atoms with E-state index in [0.29, 0.717) is 28.7 Å². The van der Waals surface area contributed by atoms with Crippen molar-refractivity contribution < 1.29 is 9.72 Å². The SMILES string of the molecule is Cn1cnnc1Sc1ccc(C(=O)N2CCc3ccccc3C2)cc1[N+](=O)[O-]. The van der Waals surface area contributed by atoms with E-state index in [1.54, 1.807) is 28.6 Å². The average molecular weight is 395 g/mol. The molecule has 4 rings (SSSR count). The summed E-state index contributed by atoms with van der Waals surface area (Å²) in [6.45, 7) is 1.11. The number of hydrogen-bond acceptors (Lipinski definition) is 6. The van der Waals surface area contributed by atoms with E-state index in [0.717, 1.165) is 23.7 Å². The van der Waals surface area contributed by atoms with Crippen LogP contribution in [0.3, 0.4) is 0 Å². The van der Waals surface area contributed by atoms with Crippen molar-refractivity contribution in [2.24, 2.45) is 7.05 Å². The summed E-state index contributed by atoms with van der Waals surface area (Å²) in [6, 6.07) is 12.6. The number of hydrogen-bond donors (Lipinski definition) is 0. The average Bonchev–Trinajstić information content (AvgIpc) is 3.11. The van der Waals surface area contributed by atoms with Gasteiger partial charge in [-0.1, -0.05) is 24.3 Å². The van der Waals surface area contributed by atoms with Crippen molar-refractivity contribution in [2.75, 3.05) is 6.54 Å². The van der Waals surface area contributed by atoms with E-state index in [4.69, 9.17) is 0 Å². The lowest BCUT2D eigenvalue weighted by Crippen LogP contribution is -2.35. The Hall–Kier alpha value is -3.20. The number of nitro benzene ring substituents is 1. The molecule has 0 aliphatic carbocycles. The molecule has 0 saturated heterocycles. The molecule has 1 amide bonds. The van der Waals surface area contributed by atoms with Crippen molar-refractivity contribution in [2.45, 2.75) is 23.0 Å². The first-order chi connectivity index (χ1) is 13.5. The topological polar surface area (TPSA) is 94.2 Å². The molecule has 1 aromatic heterocycles. The molecule has 28 heavy (non-hydrogen) atoms. The summed E-state index contributed by atoms with van der Waals surface area (Å²) in [5.41, 5.74) is 2.56. The highest BCUT2D eigenvalue weighted by Crippen LogP contribution is 2.34. The van der Waals surface area contributed by atoms with Crippen LogP contribution >= 0.6 is 11.8 Å². The summed E-state index contributed by atoms with van der Waals surface area (Å²) in [4.78, 5) is 26.2. The maximum absolute atomic E-state index is 12.9. The third-order valence-electron chi connectivity index (χ3n) is 4.69. The van der Waals surface area contributed by atoms with Crippen LogP contribution in [0.15, 0.2) is 58.8 Å². The van der Waals surface area contributed by atoms with E-state index in [2.05, 4.69) is 16.3 Å². The quantitative estimate of drug-likeness (QED) is 0.498. The lowest BCUT2D eigenvalue weighted by molar-refractivity contribution is -0.387. The van der Waals surface area contributed by atoms with Gasteiger partial charge >= 0.3 is 0 Å². The minimum absolute atomic E-state index is 0.115. The van der Waals surface area contributed by atoms with E-state index >= 15 is 0 Å². The Labute approximate surface area is 165 Å². The van der Waals surface area contributed by atoms with E-state index in [1.807, 2.05) is 18.2 Å². The number of nitro groups is 1. The van der Waals surface area contributed by atoms with Crippen molar-refractivity contribution in [1.29, 1.82) is 0 Å². The third-order valence-corrected chi connectivity index (χ3v) is 5.81. The first-order valence-electron chi connectivity index (χ1n) is 8.69. The van der Waals surface area contributed by atoms with Crippen molar-refractivity contribution >= 4 is 23.4 Å². The molecule has 9 heteroatoms. The van der Waals surface area contributed by atoms with Crippen LogP contribution in [0.1, 0.15) is 21.5 Å². The van der Waals surface area contributed by atoms with Crippen LogP contribution in [0.25, 0.3) is 0 Å². The van der Waals surface area contributed by atoms with E-state index in [-0.39, 0.29) is 11.6 Å². The largest absolute Gasteiger partial charge is 0.334 e. The zero-order chi connectivity index (χ0) is 19.7. The third kappa shape index (κ3) is 3.48. The number of amides is 1. The predicted octanol–water partition coefficient (Wildman–Crippen LogP) is 3.07. The van der Waals surface area contributed by atoms with Gasteiger partial charge in [0, 0.05) is 31.8 Å². The Bertz CT molecular complexity index is 1070. The van der Waals surface area contributed by atoms with E-state index in [9.17, 15) is 14.9 Å². The fraction of sp³-hybridized carbons (Fsp3) is 0.211. The number of aryl methyl sites for hydroxylation is 1. The van der Waals surface area contributed by atoms with Gasteiger partial charge in [0.1, 0.15) is 6.33 Å². The minimum atomic E-state index is -0.471. The maximum atomic E-state index is 12.9. The molecule has 2 aromatic carbocycles. The molecule has 0 radical (unpaired) electrons. The summed E-state index contributed by atoms with van der Waals surface area (Å²) in [6.07, 6.45) is 2.31. The second kappa shape index (κ2) is 7.43. The molecule has 1 aliphatic rings. The van der Waals surface area contributed by atoms with Crippen LogP contribution in [-0.4, -0.2) is 37.0 Å². The minimum Gasteiger partial charge on any atom is -0.334 e. The molecule has 2 heterocycles. The zero-order valence-corrected chi connectivity index (χ0v) is 15.9. The predicted molar refractivity (Wildman–Crippen MR) is 103 cm³/mol. The van der Waals surface area contributed by atoms with Gasteiger partial charge in [0.2, 0.25) is 0 Å². The van der Waals surface area contributed by atoms with Gasteiger partial charge in [0.15, 0.2) is 5.16 Å². The second-order valence-electron chi connectivity index (χ2n) is 6.51. The Morgan fingerprint density at radius 1 is 1.21 bits per heavy atom. The Morgan fingerprint density at radius 2 is 2.00 bits per heavy atom. The van der Waals surface area contributed by atoms with Crippen LogP contribution in [0.4, 0.5) is 5.69 Å². The molecule has 0 N–H and O–H groups in total. The van der Waals surface area contributed by atoms with Gasteiger partial charge in [-0.3, -0.25) is 14.9 Å². The summed E-state index contributed by atoms with van der Waals surface area (Å²) >= 11 is 1.15. The fourth-order valence-corrected chi connectivity index (χ4v) is 4.04. The maximum Gasteiger partial charge on any atom is 0.284 e. The molecule has 8 nitrogen and oxygen atoms in total. The number of carbonyl (C=O) groups is 1. The summed E-state index contributed by atoms with van der Waals surface area (Å²) in [5, 5.41) is 19.8. The molecule has 0 bridgehead atoms. The van der Waals surface area contributed by atoms with Crippen molar-refractivity contribution in [3.05, 3.63) is 75.6 Å². The van der Waals surface area contributed by atoms with Crippen LogP contribution < -0.4 is 0 Å². The van der Waals surface area contributed by atoms with Gasteiger partial charge < -0.3 is 9.47 Å². The highest BCUT2D eigenvalue weighted by molar-refractivity contribution is 7.99. The van der Waals surface area contributed by atoms with Gasteiger partial charge in [-0.05, 0) is 41.4 Å². The van der Waals surface area contributed by atoms with Crippen molar-refractivity contribution in [3.63, 3.8) is 0 Å². The van der Waals surface area contributed by atoms with Gasteiger partial charge in [0.05, 0.1) is 9.82 Å². The van der Waals surface area contributed by atoms with E-state index in [1.165, 1.54) is 18.0 Å². The highest BCUT2D eigenvalue weighted by Gasteiger charge is 2.25. The lowest BCUT2D eigenvalue weighted by atomic mass is 9.99. The normalized spacial score (nSPS) is 13.2. The number of carbonyl (C=O) groups excluding carboxylic acids is 1. The Balaban J connectivity index is 1.60. The Morgan fingerprint density at radius 3 is 2.71 bits per heavy atom. The number of benzene rings is 2. The van der Waals surface area contributed by atoms with Gasteiger partial charge in [-0.25, -0.2) is 0 Å². The summed E-state index contributed by atoms with van der Waals surface area (Å²) < 4.78 is 1.68. The van der Waals surface area contributed by atoms with Gasteiger partial charge in [-0.2, -0.15) is 0 Å². The van der Waals surface area contributed by atoms with E-state index < -0.39 is 4.92 Å². The lowest BCUT2D eigenvalue weighted by Gasteiger charge is -2.29. The summed E-state index contributed by atoms with van der Waals surface area (Å²) in [7, 11) is 1.76. The zero-order valence-electron chi connectivity index (χ0n) is 15.1. The molecule has 0 spiro atoms. The molecule has 0 atom stereocenters. The number of rotatable bonds is 4. The highest BCUT2D eigenvalue weighted by atomic mass is 32.2. The molecule has 142 valence electrons. The van der Waals surface area contributed by atoms with Crippen molar-refractivity contribution in [1.82, 2.24) is 19.7 Å². The first kappa shape index (κ1) is 18.2.